The third-order valence-corrected chi connectivity index (χ3v) is 16.6. The minimum Gasteiger partial charge on any atom is -0.477 e. The second-order valence-electron chi connectivity index (χ2n) is 23.7. The molecular formula is C57H96N4O16. The monoisotopic (exact) mass is 1090 g/mol. The van der Waals surface area contributed by atoms with E-state index in [1.807, 2.05) is 77.7 Å². The van der Waals surface area contributed by atoms with Crippen LogP contribution in [0.2, 0.25) is 0 Å². The van der Waals surface area contributed by atoms with Crippen LogP contribution in [0.3, 0.4) is 0 Å². The number of aryl methyl sites for hydroxylation is 1. The van der Waals surface area contributed by atoms with Crippen LogP contribution in [0.15, 0.2) is 29.2 Å². The van der Waals surface area contributed by atoms with Crippen molar-refractivity contribution in [1.82, 2.24) is 14.5 Å². The van der Waals surface area contributed by atoms with Crippen molar-refractivity contribution in [2.75, 3.05) is 73.7 Å². The summed E-state index contributed by atoms with van der Waals surface area (Å²) in [5, 5.41) is 59.9. The highest BCUT2D eigenvalue weighted by atomic mass is 16.7. The summed E-state index contributed by atoms with van der Waals surface area (Å²) in [6, 6.07) is 4.72. The standard InChI is InChI=1S/C57H96N4O16/c1-17-44-57(10,69)49(64)37(6)60(15)31-33(2)29-55(8,68)50(77-54-47(63)43(58(11)12)27-34(3)73-54)35(4)48(36(5)53(67)75-44)76-45-30-56(9,70-16)51(38(7)74-45)72-26-20-25-71-24-19-18-21-39-22-23-42-40(28-39)46(62)41(52(65)66)32-61(42)59(13)14/h22-23,28,32-38,43-45,47-51,54,63-64,68-69H,17-21,24-27,29-31H2,1-16H3,(H,65,66)/t33-,34-,35+,36-,37-,38+,43+,44-,45+,47-,48+,49-,50-,51+,54+,55-,56-,57-/m1/s1. The molecule has 4 heterocycles. The van der Waals surface area contributed by atoms with Crippen molar-refractivity contribution in [1.29, 1.82) is 0 Å². The van der Waals surface area contributed by atoms with E-state index >= 15 is 0 Å². The second-order valence-corrected chi connectivity index (χ2v) is 23.7. The number of aromatic carboxylic acids is 1. The smallest absolute Gasteiger partial charge is 0.341 e. The molecule has 1 aromatic heterocycles. The van der Waals surface area contributed by atoms with Crippen LogP contribution in [0.1, 0.15) is 130 Å². The van der Waals surface area contributed by atoms with E-state index in [9.17, 15) is 39.9 Å². The van der Waals surface area contributed by atoms with Crippen LogP contribution in [0.4, 0.5) is 0 Å². The number of esters is 1. The number of ether oxygens (including phenoxy) is 8. The highest BCUT2D eigenvalue weighted by Crippen LogP contribution is 2.41. The average molecular weight is 1090 g/mol. The van der Waals surface area contributed by atoms with Crippen LogP contribution in [0.5, 0.6) is 0 Å². The Bertz CT molecular complexity index is 2280. The van der Waals surface area contributed by atoms with Crippen molar-refractivity contribution in [3.8, 4) is 0 Å². The fraction of sp³-hybridized carbons (Fsp3) is 0.807. The van der Waals surface area contributed by atoms with Crippen LogP contribution in [0.25, 0.3) is 10.9 Å². The van der Waals surface area contributed by atoms with Gasteiger partial charge in [0.25, 0.3) is 0 Å². The van der Waals surface area contributed by atoms with Gasteiger partial charge in [-0.05, 0) is 138 Å². The number of carbonyl (C=O) groups excluding carboxylic acids is 1. The molecule has 3 aliphatic rings. The first-order valence-electron chi connectivity index (χ1n) is 27.8. The molecule has 0 amide bonds. The molecule has 18 atom stereocenters. The largest absolute Gasteiger partial charge is 0.477 e. The van der Waals surface area contributed by atoms with E-state index in [4.69, 9.17) is 37.9 Å². The number of nitrogens with zero attached hydrogens (tertiary/aromatic N) is 4. The SMILES string of the molecule is CC[C@H]1OC(=O)[C@H](C)[C@@H](O[C@H]2C[C@@](C)(OC)[C@@H](OCCCOCCCCc3ccc4c(c3)c(=O)c(C(=O)O)cn4N(C)C)[C@H](C)O2)[C@H](C)[C@@H](O[C@@H]2O[C@H](C)C[C@H](N(C)C)[C@H]2O)[C@](C)(O)C[C@@H](C)CN(C)[C@H](C)[C@@H](O)[C@]1(C)O. The number of pyridine rings is 1. The molecule has 3 saturated heterocycles. The van der Waals surface area contributed by atoms with Gasteiger partial charge in [-0.1, -0.05) is 26.8 Å². The molecule has 3 fully saturated rings. The van der Waals surface area contributed by atoms with Gasteiger partial charge in [0.05, 0.1) is 47.1 Å². The number of carboxylic acid groups (broad SMARTS) is 1. The van der Waals surface area contributed by atoms with Gasteiger partial charge in [0.15, 0.2) is 12.6 Å². The number of carboxylic acids is 1. The van der Waals surface area contributed by atoms with E-state index in [1.165, 1.54) is 13.1 Å². The minimum atomic E-state index is -1.84. The number of rotatable bonds is 19. The van der Waals surface area contributed by atoms with Crippen molar-refractivity contribution in [2.24, 2.45) is 17.8 Å². The van der Waals surface area contributed by atoms with Crippen LogP contribution < -0.4 is 10.4 Å². The number of benzene rings is 1. The molecule has 20 nitrogen and oxygen atoms in total. The molecule has 2 aromatic rings. The van der Waals surface area contributed by atoms with Gasteiger partial charge in [-0.3, -0.25) is 14.3 Å². The quantitative estimate of drug-likeness (QED) is 0.0957. The van der Waals surface area contributed by atoms with E-state index in [0.29, 0.717) is 56.5 Å². The van der Waals surface area contributed by atoms with Crippen LogP contribution >= 0.6 is 0 Å². The summed E-state index contributed by atoms with van der Waals surface area (Å²) >= 11 is 0. The van der Waals surface area contributed by atoms with Gasteiger partial charge < -0.3 is 78.2 Å². The molecule has 440 valence electrons. The third-order valence-electron chi connectivity index (χ3n) is 16.6. The van der Waals surface area contributed by atoms with Gasteiger partial charge in [0, 0.05) is 83.6 Å². The topological polar surface area (TPSA) is 241 Å². The van der Waals surface area contributed by atoms with E-state index in [-0.39, 0.29) is 42.9 Å². The number of likely N-dealkylation sites (N-methyl/N-ethyl adjacent to an activating group) is 2. The lowest BCUT2D eigenvalue weighted by Gasteiger charge is -2.49. The molecule has 77 heavy (non-hydrogen) atoms. The molecule has 1 aromatic carbocycles. The Hall–Kier alpha value is -3.35. The highest BCUT2D eigenvalue weighted by Gasteiger charge is 2.53. The average Bonchev–Trinajstić information content (AvgIpc) is 3.36. The number of hydrogen-bond acceptors (Lipinski definition) is 18. The Balaban J connectivity index is 1.29. The molecular weight excluding hydrogens is 997 g/mol. The Morgan fingerprint density at radius 2 is 1.57 bits per heavy atom. The van der Waals surface area contributed by atoms with Crippen molar-refractivity contribution < 1.29 is 73.0 Å². The Morgan fingerprint density at radius 3 is 2.19 bits per heavy atom. The zero-order chi connectivity index (χ0) is 57.5. The molecule has 0 spiro atoms. The summed E-state index contributed by atoms with van der Waals surface area (Å²) in [6.45, 7) is 19.8. The summed E-state index contributed by atoms with van der Waals surface area (Å²) in [4.78, 5) is 43.3. The van der Waals surface area contributed by atoms with Gasteiger partial charge in [-0.15, -0.1) is 0 Å². The Morgan fingerprint density at radius 1 is 0.896 bits per heavy atom. The van der Waals surface area contributed by atoms with E-state index in [1.54, 1.807) is 64.7 Å². The lowest BCUT2D eigenvalue weighted by Crippen LogP contribution is -2.61. The third kappa shape index (κ3) is 15.6. The number of carbonyl (C=O) groups is 2. The zero-order valence-electron chi connectivity index (χ0n) is 49.0. The van der Waals surface area contributed by atoms with Crippen LogP contribution in [-0.2, 0) is 49.1 Å². The summed E-state index contributed by atoms with van der Waals surface area (Å²) in [5.74, 6) is -3.96. The molecule has 0 unspecified atom stereocenters. The van der Waals surface area contributed by atoms with E-state index < -0.39 is 107 Å². The van der Waals surface area contributed by atoms with Gasteiger partial charge in [0.2, 0.25) is 5.43 Å². The number of unbranched alkanes of at least 4 members (excludes halogenated alkanes) is 1. The summed E-state index contributed by atoms with van der Waals surface area (Å²) in [7, 11) is 10.8. The number of aliphatic hydroxyl groups excluding tert-OH is 2. The zero-order valence-corrected chi connectivity index (χ0v) is 49.0. The molecule has 5 rings (SSSR count). The molecule has 0 saturated carbocycles. The highest BCUT2D eigenvalue weighted by molar-refractivity contribution is 5.92. The van der Waals surface area contributed by atoms with Crippen molar-refractivity contribution in [3.05, 3.63) is 45.7 Å². The fourth-order valence-corrected chi connectivity index (χ4v) is 12.0. The van der Waals surface area contributed by atoms with Gasteiger partial charge in [0.1, 0.15) is 35.6 Å². The molecule has 0 bridgehead atoms. The maximum atomic E-state index is 14.6. The predicted octanol–water partition coefficient (Wildman–Crippen LogP) is 4.57. The lowest BCUT2D eigenvalue weighted by molar-refractivity contribution is -0.320. The van der Waals surface area contributed by atoms with Crippen LogP contribution in [0, 0.1) is 17.8 Å². The van der Waals surface area contributed by atoms with E-state index in [2.05, 4.69) is 0 Å². The number of cyclic esters (lactones) is 1. The Labute approximate surface area is 457 Å². The predicted molar refractivity (Wildman–Crippen MR) is 292 cm³/mol. The van der Waals surface area contributed by atoms with Crippen molar-refractivity contribution in [2.45, 2.75) is 211 Å². The summed E-state index contributed by atoms with van der Waals surface area (Å²) in [5.41, 5.74) is -3.57. The minimum absolute atomic E-state index is 0.173. The normalized spacial score (nSPS) is 37.3. The van der Waals surface area contributed by atoms with E-state index in [0.717, 1.165) is 18.4 Å². The number of aromatic nitrogens is 1. The molecule has 3 aliphatic heterocycles. The fourth-order valence-electron chi connectivity index (χ4n) is 12.0. The summed E-state index contributed by atoms with van der Waals surface area (Å²) in [6.07, 6.45) is -3.67. The molecule has 0 radical (unpaired) electrons. The number of hydrogen-bond donors (Lipinski definition) is 5. The maximum absolute atomic E-state index is 14.6. The lowest BCUT2D eigenvalue weighted by atomic mass is 9.77. The van der Waals surface area contributed by atoms with Crippen molar-refractivity contribution in [3.63, 3.8) is 0 Å². The first-order chi connectivity index (χ1) is 36.0. The number of aliphatic hydroxyl groups is 4. The van der Waals surface area contributed by atoms with Gasteiger partial charge >= 0.3 is 11.9 Å². The first kappa shape index (κ1) is 64.5. The van der Waals surface area contributed by atoms with Crippen LogP contribution in [-0.4, -0.2) is 211 Å². The first-order valence-corrected chi connectivity index (χ1v) is 27.8. The second kappa shape index (κ2) is 27.4. The molecule has 20 heteroatoms. The van der Waals surface area contributed by atoms with Crippen molar-refractivity contribution >= 4 is 22.8 Å². The molecule has 5 N–H and O–H groups in total. The molecule has 0 aliphatic carbocycles. The Kier molecular flexibility index (Phi) is 22.9. The van der Waals surface area contributed by atoms with Gasteiger partial charge in [-0.25, -0.2) is 4.79 Å². The summed E-state index contributed by atoms with van der Waals surface area (Å²) < 4.78 is 53.2. The maximum Gasteiger partial charge on any atom is 0.341 e. The number of fused-ring (bicyclic) bond motifs is 1. The number of methoxy groups -OCH3 is 1. The van der Waals surface area contributed by atoms with Gasteiger partial charge in [-0.2, -0.15) is 0 Å².